The number of carbonyl (C=O) groups is 2. The summed E-state index contributed by atoms with van der Waals surface area (Å²) in [7, 11) is 0. The van der Waals surface area contributed by atoms with Gasteiger partial charge in [-0.15, -0.1) is 0 Å². The van der Waals surface area contributed by atoms with Gasteiger partial charge in [0, 0.05) is 26.1 Å². The fourth-order valence-electron chi connectivity index (χ4n) is 2.76. The molecule has 2 aromatic rings. The van der Waals surface area contributed by atoms with E-state index >= 15 is 0 Å². The minimum absolute atomic E-state index is 0.119. The number of amides is 2. The maximum atomic E-state index is 13.2. The predicted molar refractivity (Wildman–Crippen MR) is 108 cm³/mol. The third-order valence-electron chi connectivity index (χ3n) is 4.24. The Morgan fingerprint density at radius 1 is 0.964 bits per heavy atom. The maximum Gasteiger partial charge on any atom is 0.257 e. The van der Waals surface area contributed by atoms with Crippen LogP contribution in [0.3, 0.4) is 0 Å². The van der Waals surface area contributed by atoms with E-state index in [1.165, 1.54) is 0 Å². The van der Waals surface area contributed by atoms with Crippen molar-refractivity contribution in [3.8, 4) is 5.75 Å². The van der Waals surface area contributed by atoms with Crippen molar-refractivity contribution >= 4 is 11.8 Å². The van der Waals surface area contributed by atoms with Crippen LogP contribution in [-0.4, -0.2) is 49.6 Å². The Morgan fingerprint density at radius 3 is 2.39 bits per heavy atom. The Bertz CT molecular complexity index is 749. The number of benzene rings is 2. The molecule has 28 heavy (non-hydrogen) atoms. The highest BCUT2D eigenvalue weighted by Crippen LogP contribution is 2.20. The first-order chi connectivity index (χ1) is 13.6. The third kappa shape index (κ3) is 7.04. The summed E-state index contributed by atoms with van der Waals surface area (Å²) >= 11 is 0. The van der Waals surface area contributed by atoms with Gasteiger partial charge in [-0.3, -0.25) is 9.59 Å². The number of primary amides is 1. The number of nitrogens with zero attached hydrogens (tertiary/aromatic N) is 1. The smallest absolute Gasteiger partial charge is 0.257 e. The zero-order valence-corrected chi connectivity index (χ0v) is 16.3. The van der Waals surface area contributed by atoms with E-state index < -0.39 is 5.91 Å². The van der Waals surface area contributed by atoms with Crippen molar-refractivity contribution in [3.05, 3.63) is 65.7 Å². The van der Waals surface area contributed by atoms with E-state index in [4.69, 9.17) is 15.2 Å². The molecule has 150 valence electrons. The lowest BCUT2D eigenvalue weighted by Gasteiger charge is -2.23. The topological polar surface area (TPSA) is 81.9 Å². The Hall–Kier alpha value is -2.86. The molecule has 0 aromatic heterocycles. The number of rotatable bonds is 12. The van der Waals surface area contributed by atoms with E-state index in [2.05, 4.69) is 0 Å². The van der Waals surface area contributed by atoms with Crippen molar-refractivity contribution in [1.29, 1.82) is 0 Å². The lowest BCUT2D eigenvalue weighted by molar-refractivity contribution is -0.118. The van der Waals surface area contributed by atoms with Crippen LogP contribution in [0, 0.1) is 0 Å². The Kier molecular flexibility index (Phi) is 9.01. The predicted octanol–water partition coefficient (Wildman–Crippen LogP) is 2.66. The largest absolute Gasteiger partial charge is 0.490 e. The normalized spacial score (nSPS) is 10.5. The van der Waals surface area contributed by atoms with E-state index in [9.17, 15) is 9.59 Å². The molecule has 2 amide bonds. The minimum Gasteiger partial charge on any atom is -0.490 e. The molecule has 0 unspecified atom stereocenters. The van der Waals surface area contributed by atoms with Gasteiger partial charge in [0.25, 0.3) is 5.91 Å². The van der Waals surface area contributed by atoms with Crippen LogP contribution in [0.15, 0.2) is 54.6 Å². The van der Waals surface area contributed by atoms with Gasteiger partial charge in [0.2, 0.25) is 5.91 Å². The lowest BCUT2D eigenvalue weighted by Crippen LogP contribution is -2.36. The summed E-state index contributed by atoms with van der Waals surface area (Å²) in [6.45, 7) is 4.12. The van der Waals surface area contributed by atoms with E-state index in [1.54, 1.807) is 23.1 Å². The van der Waals surface area contributed by atoms with Gasteiger partial charge in [0.05, 0.1) is 12.2 Å². The molecule has 0 spiro atoms. The third-order valence-corrected chi connectivity index (χ3v) is 4.24. The van der Waals surface area contributed by atoms with Gasteiger partial charge >= 0.3 is 0 Å². The molecule has 2 aromatic carbocycles. The number of hydrogen-bond acceptors (Lipinski definition) is 4. The van der Waals surface area contributed by atoms with Crippen molar-refractivity contribution in [2.45, 2.75) is 19.8 Å². The molecule has 6 nitrogen and oxygen atoms in total. The van der Waals surface area contributed by atoms with Gasteiger partial charge < -0.3 is 20.1 Å². The summed E-state index contributed by atoms with van der Waals surface area (Å²) in [5, 5.41) is 0. The van der Waals surface area contributed by atoms with E-state index in [0.717, 1.165) is 5.56 Å². The summed E-state index contributed by atoms with van der Waals surface area (Å²) < 4.78 is 11.0. The number of ether oxygens (including phenoxy) is 2. The highest BCUT2D eigenvalue weighted by atomic mass is 16.5. The Morgan fingerprint density at radius 2 is 1.68 bits per heavy atom. The molecule has 6 heteroatoms. The van der Waals surface area contributed by atoms with Crippen LogP contribution in [-0.2, 0) is 16.0 Å². The van der Waals surface area contributed by atoms with Crippen molar-refractivity contribution < 1.29 is 19.1 Å². The second kappa shape index (κ2) is 11.8. The van der Waals surface area contributed by atoms with Crippen molar-refractivity contribution in [2.75, 3.05) is 32.9 Å². The molecule has 0 saturated carbocycles. The van der Waals surface area contributed by atoms with E-state index in [-0.39, 0.29) is 18.9 Å². The molecule has 0 radical (unpaired) electrons. The van der Waals surface area contributed by atoms with Crippen LogP contribution in [0.25, 0.3) is 0 Å². The maximum absolute atomic E-state index is 13.2. The molecule has 2 N–H and O–H groups in total. The number of carbonyl (C=O) groups excluding carboxylic acids is 2. The molecule has 0 heterocycles. The summed E-state index contributed by atoms with van der Waals surface area (Å²) in [5.41, 5.74) is 6.89. The molecule has 0 bridgehead atoms. The van der Waals surface area contributed by atoms with Gasteiger partial charge in [0.15, 0.2) is 0 Å². The zero-order chi connectivity index (χ0) is 20.2. The van der Waals surface area contributed by atoms with Crippen molar-refractivity contribution in [2.24, 2.45) is 5.73 Å². The standard InChI is InChI=1S/C22H28N2O4/c1-2-27-16-17-28-20-11-7-6-10-19(20)22(26)24(15-13-21(23)25)14-12-18-8-4-3-5-9-18/h3-11H,2,12-17H2,1H3,(H2,23,25). The van der Waals surface area contributed by atoms with Gasteiger partial charge in [-0.05, 0) is 31.0 Å². The summed E-state index contributed by atoms with van der Waals surface area (Å²) in [4.78, 5) is 26.1. The van der Waals surface area contributed by atoms with Gasteiger partial charge in [0.1, 0.15) is 12.4 Å². The number of hydrogen-bond donors (Lipinski definition) is 1. The van der Waals surface area contributed by atoms with E-state index in [1.807, 2.05) is 43.3 Å². The van der Waals surface area contributed by atoms with Gasteiger partial charge in [-0.1, -0.05) is 42.5 Å². The van der Waals surface area contributed by atoms with Crippen LogP contribution in [0.4, 0.5) is 0 Å². The van der Waals surface area contributed by atoms with Crippen LogP contribution < -0.4 is 10.5 Å². The molecule has 0 fully saturated rings. The van der Waals surface area contributed by atoms with Gasteiger partial charge in [-0.25, -0.2) is 0 Å². The molecular weight excluding hydrogens is 356 g/mol. The second-order valence-corrected chi connectivity index (χ2v) is 6.29. The van der Waals surface area contributed by atoms with Crippen LogP contribution in [0.2, 0.25) is 0 Å². The van der Waals surface area contributed by atoms with Gasteiger partial charge in [-0.2, -0.15) is 0 Å². The average Bonchev–Trinajstić information content (AvgIpc) is 2.72. The lowest BCUT2D eigenvalue weighted by atomic mass is 10.1. The molecular formula is C22H28N2O4. The first-order valence-corrected chi connectivity index (χ1v) is 9.53. The monoisotopic (exact) mass is 384 g/mol. The molecule has 0 atom stereocenters. The van der Waals surface area contributed by atoms with Crippen LogP contribution >= 0.6 is 0 Å². The highest BCUT2D eigenvalue weighted by molar-refractivity contribution is 5.97. The molecule has 2 rings (SSSR count). The molecule has 0 aliphatic heterocycles. The first kappa shape index (κ1) is 21.4. The first-order valence-electron chi connectivity index (χ1n) is 9.53. The van der Waals surface area contributed by atoms with Crippen LogP contribution in [0.5, 0.6) is 5.75 Å². The number of nitrogens with two attached hydrogens (primary N) is 1. The average molecular weight is 384 g/mol. The SMILES string of the molecule is CCOCCOc1ccccc1C(=O)N(CCC(N)=O)CCc1ccccc1. The Labute approximate surface area is 166 Å². The molecule has 0 aliphatic carbocycles. The summed E-state index contributed by atoms with van der Waals surface area (Å²) in [5.74, 6) is -0.0982. The van der Waals surface area contributed by atoms with Crippen molar-refractivity contribution in [3.63, 3.8) is 0 Å². The summed E-state index contributed by atoms with van der Waals surface area (Å²) in [6.07, 6.45) is 0.812. The van der Waals surface area contributed by atoms with Crippen molar-refractivity contribution in [1.82, 2.24) is 4.90 Å². The fourth-order valence-corrected chi connectivity index (χ4v) is 2.76. The van der Waals surface area contributed by atoms with E-state index in [0.29, 0.717) is 44.1 Å². The summed E-state index contributed by atoms with van der Waals surface area (Å²) in [6, 6.07) is 17.0. The Balaban J connectivity index is 2.10. The highest BCUT2D eigenvalue weighted by Gasteiger charge is 2.20. The number of para-hydroxylation sites is 1. The fraction of sp³-hybridized carbons (Fsp3) is 0.364. The molecule has 0 saturated heterocycles. The quantitative estimate of drug-likeness (QED) is 0.571. The van der Waals surface area contributed by atoms with Crippen LogP contribution in [0.1, 0.15) is 29.3 Å². The second-order valence-electron chi connectivity index (χ2n) is 6.29. The minimum atomic E-state index is -0.432. The molecule has 0 aliphatic rings. The zero-order valence-electron chi connectivity index (χ0n) is 16.3.